The van der Waals surface area contributed by atoms with Crippen LogP contribution >= 0.6 is 0 Å². The Balaban J connectivity index is 1.58. The van der Waals surface area contributed by atoms with E-state index in [1.54, 1.807) is 6.92 Å². The molecular formula is C18H24N4O2. The fourth-order valence-electron chi connectivity index (χ4n) is 2.82. The first-order valence-electron chi connectivity index (χ1n) is 8.50. The molecule has 1 aliphatic rings. The van der Waals surface area contributed by atoms with Crippen LogP contribution in [0.15, 0.2) is 36.5 Å². The Morgan fingerprint density at radius 2 is 2.12 bits per heavy atom. The molecule has 0 amide bonds. The Morgan fingerprint density at radius 3 is 2.75 bits per heavy atom. The van der Waals surface area contributed by atoms with E-state index < -0.39 is 11.5 Å². The van der Waals surface area contributed by atoms with Crippen molar-refractivity contribution in [2.75, 3.05) is 0 Å². The Hall–Kier alpha value is -2.21. The van der Waals surface area contributed by atoms with Crippen LogP contribution in [0.2, 0.25) is 0 Å². The molecule has 0 aliphatic heterocycles. The van der Waals surface area contributed by atoms with Gasteiger partial charge in [0.05, 0.1) is 17.9 Å². The van der Waals surface area contributed by atoms with Crippen molar-refractivity contribution >= 4 is 5.97 Å². The van der Waals surface area contributed by atoms with Crippen molar-refractivity contribution in [3.63, 3.8) is 0 Å². The average Bonchev–Trinajstić information content (AvgIpc) is 2.98. The molecule has 0 radical (unpaired) electrons. The highest BCUT2D eigenvalue weighted by molar-refractivity contribution is 5.78. The molecule has 0 saturated heterocycles. The number of hydrogen-bond acceptors (Lipinski definition) is 4. The highest BCUT2D eigenvalue weighted by Crippen LogP contribution is 2.30. The van der Waals surface area contributed by atoms with Crippen molar-refractivity contribution in [3.05, 3.63) is 47.8 Å². The number of rotatable bonds is 8. The van der Waals surface area contributed by atoms with Gasteiger partial charge in [-0.1, -0.05) is 35.5 Å². The Labute approximate surface area is 141 Å². The standard InChI is InChI=1S/C18H24N4O2/c1-18(17(23)24,11-10-14-6-3-2-4-7-14)19-12-15-13-22(21-20-15)16-8-5-9-16/h2-4,6-7,13,16,19H,5,8-12H2,1H3,(H,23,24). The molecule has 1 aromatic carbocycles. The maximum absolute atomic E-state index is 11.7. The lowest BCUT2D eigenvalue weighted by Crippen LogP contribution is -2.49. The number of aliphatic carboxylic acids is 1. The van der Waals surface area contributed by atoms with Gasteiger partial charge in [0.25, 0.3) is 0 Å². The summed E-state index contributed by atoms with van der Waals surface area (Å²) in [7, 11) is 0. The van der Waals surface area contributed by atoms with Gasteiger partial charge in [0.15, 0.2) is 0 Å². The molecule has 0 bridgehead atoms. The summed E-state index contributed by atoms with van der Waals surface area (Å²) >= 11 is 0. The van der Waals surface area contributed by atoms with Crippen LogP contribution in [-0.4, -0.2) is 31.6 Å². The highest BCUT2D eigenvalue weighted by Gasteiger charge is 2.32. The topological polar surface area (TPSA) is 80.0 Å². The monoisotopic (exact) mass is 328 g/mol. The average molecular weight is 328 g/mol. The zero-order valence-corrected chi connectivity index (χ0v) is 14.0. The summed E-state index contributed by atoms with van der Waals surface area (Å²) < 4.78 is 1.91. The van der Waals surface area contributed by atoms with Crippen molar-refractivity contribution in [1.29, 1.82) is 0 Å². The zero-order valence-electron chi connectivity index (χ0n) is 14.0. The molecule has 1 atom stereocenters. The normalized spacial score (nSPS) is 17.2. The van der Waals surface area contributed by atoms with Gasteiger partial charge in [-0.15, -0.1) is 5.10 Å². The molecule has 3 rings (SSSR count). The molecule has 1 saturated carbocycles. The number of benzene rings is 1. The zero-order chi connectivity index (χ0) is 17.0. The van der Waals surface area contributed by atoms with E-state index in [1.165, 1.54) is 6.42 Å². The lowest BCUT2D eigenvalue weighted by Gasteiger charge is -2.26. The van der Waals surface area contributed by atoms with Crippen LogP contribution in [0, 0.1) is 0 Å². The number of carboxylic acids is 1. The summed E-state index contributed by atoms with van der Waals surface area (Å²) in [4.78, 5) is 11.7. The molecule has 2 N–H and O–H groups in total. The molecule has 6 heteroatoms. The molecule has 1 aromatic heterocycles. The van der Waals surface area contributed by atoms with E-state index in [-0.39, 0.29) is 0 Å². The van der Waals surface area contributed by atoms with E-state index >= 15 is 0 Å². The van der Waals surface area contributed by atoms with E-state index in [0.29, 0.717) is 25.4 Å². The predicted octanol–water partition coefficient (Wildman–Crippen LogP) is 2.57. The van der Waals surface area contributed by atoms with Gasteiger partial charge in [-0.25, -0.2) is 4.68 Å². The Morgan fingerprint density at radius 1 is 1.38 bits per heavy atom. The van der Waals surface area contributed by atoms with Crippen molar-refractivity contribution < 1.29 is 9.90 Å². The van der Waals surface area contributed by atoms with Gasteiger partial charge in [-0.05, 0) is 44.6 Å². The van der Waals surface area contributed by atoms with Gasteiger partial charge < -0.3 is 5.11 Å². The van der Waals surface area contributed by atoms with Crippen LogP contribution in [0.4, 0.5) is 0 Å². The third-order valence-electron chi connectivity index (χ3n) is 4.89. The van der Waals surface area contributed by atoms with E-state index in [1.807, 2.05) is 41.2 Å². The van der Waals surface area contributed by atoms with Crippen LogP contribution in [0.3, 0.4) is 0 Å². The van der Waals surface area contributed by atoms with E-state index in [2.05, 4.69) is 15.6 Å². The van der Waals surface area contributed by atoms with Crippen molar-refractivity contribution in [2.45, 2.75) is 57.2 Å². The van der Waals surface area contributed by atoms with Crippen LogP contribution in [0.1, 0.15) is 49.9 Å². The third-order valence-corrected chi connectivity index (χ3v) is 4.89. The molecule has 128 valence electrons. The summed E-state index contributed by atoms with van der Waals surface area (Å²) in [6, 6.07) is 10.4. The number of carboxylic acid groups (broad SMARTS) is 1. The molecule has 24 heavy (non-hydrogen) atoms. The molecule has 2 aromatic rings. The Bertz CT molecular complexity index is 681. The summed E-state index contributed by atoms with van der Waals surface area (Å²) in [5.74, 6) is -0.843. The largest absolute Gasteiger partial charge is 0.480 e. The van der Waals surface area contributed by atoms with Crippen molar-refractivity contribution in [2.24, 2.45) is 0 Å². The fraction of sp³-hybridized carbons (Fsp3) is 0.500. The molecular weight excluding hydrogens is 304 g/mol. The van der Waals surface area contributed by atoms with E-state index in [0.717, 1.165) is 24.1 Å². The van der Waals surface area contributed by atoms with E-state index in [9.17, 15) is 9.90 Å². The van der Waals surface area contributed by atoms with Crippen LogP contribution in [0.25, 0.3) is 0 Å². The molecule has 6 nitrogen and oxygen atoms in total. The number of aromatic nitrogens is 3. The smallest absolute Gasteiger partial charge is 0.323 e. The van der Waals surface area contributed by atoms with Crippen molar-refractivity contribution in [1.82, 2.24) is 20.3 Å². The van der Waals surface area contributed by atoms with E-state index in [4.69, 9.17) is 0 Å². The maximum Gasteiger partial charge on any atom is 0.323 e. The minimum Gasteiger partial charge on any atom is -0.480 e. The number of carbonyl (C=O) groups is 1. The number of aryl methyl sites for hydroxylation is 1. The van der Waals surface area contributed by atoms with Gasteiger partial charge in [-0.3, -0.25) is 10.1 Å². The molecule has 1 aliphatic carbocycles. The van der Waals surface area contributed by atoms with Gasteiger partial charge in [0.1, 0.15) is 5.54 Å². The number of hydrogen-bond donors (Lipinski definition) is 2. The summed E-state index contributed by atoms with van der Waals surface area (Å²) in [5.41, 5.74) is 0.938. The van der Waals surface area contributed by atoms with Crippen LogP contribution in [0.5, 0.6) is 0 Å². The first kappa shape index (κ1) is 16.6. The first-order valence-corrected chi connectivity index (χ1v) is 8.50. The minimum absolute atomic E-state index is 0.407. The van der Waals surface area contributed by atoms with Gasteiger partial charge in [0.2, 0.25) is 0 Å². The Kier molecular flexibility index (Phi) is 4.94. The minimum atomic E-state index is -0.990. The SMILES string of the molecule is CC(CCc1ccccc1)(NCc1cn(C2CCC2)nn1)C(=O)O. The van der Waals surface area contributed by atoms with Gasteiger partial charge in [-0.2, -0.15) is 0 Å². The summed E-state index contributed by atoms with van der Waals surface area (Å²) in [6.07, 6.45) is 6.71. The highest BCUT2D eigenvalue weighted by atomic mass is 16.4. The number of nitrogens with one attached hydrogen (secondary N) is 1. The second kappa shape index (κ2) is 7.13. The molecule has 1 heterocycles. The summed E-state index contributed by atoms with van der Waals surface area (Å²) in [5, 5.41) is 21.1. The first-order chi connectivity index (χ1) is 11.6. The van der Waals surface area contributed by atoms with Crippen LogP contribution in [-0.2, 0) is 17.8 Å². The second-order valence-electron chi connectivity index (χ2n) is 6.75. The molecule has 1 fully saturated rings. The van der Waals surface area contributed by atoms with Gasteiger partial charge >= 0.3 is 5.97 Å². The second-order valence-corrected chi connectivity index (χ2v) is 6.75. The van der Waals surface area contributed by atoms with Crippen molar-refractivity contribution in [3.8, 4) is 0 Å². The molecule has 1 unspecified atom stereocenters. The predicted molar refractivity (Wildman–Crippen MR) is 90.6 cm³/mol. The third kappa shape index (κ3) is 3.82. The summed E-state index contributed by atoms with van der Waals surface area (Å²) in [6.45, 7) is 2.14. The molecule has 0 spiro atoms. The fourth-order valence-corrected chi connectivity index (χ4v) is 2.82. The number of nitrogens with zero attached hydrogens (tertiary/aromatic N) is 3. The van der Waals surface area contributed by atoms with Crippen LogP contribution < -0.4 is 5.32 Å². The van der Waals surface area contributed by atoms with Gasteiger partial charge in [0, 0.05) is 6.54 Å². The maximum atomic E-state index is 11.7. The lowest BCUT2D eigenvalue weighted by atomic mass is 9.93. The quantitative estimate of drug-likeness (QED) is 0.778. The lowest BCUT2D eigenvalue weighted by molar-refractivity contribution is -0.144.